The van der Waals surface area contributed by atoms with Crippen LogP contribution in [0.15, 0.2) is 47.3 Å². The molecule has 2 aromatic carbocycles. The van der Waals surface area contributed by atoms with E-state index in [4.69, 9.17) is 9.72 Å². The molecule has 2 heterocycles. The number of aromatic nitrogens is 2. The predicted octanol–water partition coefficient (Wildman–Crippen LogP) is 2.01. The molecule has 0 atom stereocenters. The number of ether oxygens (including phenoxy) is 1. The Balaban J connectivity index is 1.85. The van der Waals surface area contributed by atoms with Crippen LogP contribution >= 0.6 is 0 Å². The lowest BCUT2D eigenvalue weighted by molar-refractivity contribution is -0.122. The third-order valence-electron chi connectivity index (χ3n) is 5.50. The average Bonchev–Trinajstić information content (AvgIpc) is 2.80. The van der Waals surface area contributed by atoms with Gasteiger partial charge in [-0.3, -0.25) is 14.2 Å². The fourth-order valence-electron chi connectivity index (χ4n) is 3.97. The first-order chi connectivity index (χ1) is 15.5. The summed E-state index contributed by atoms with van der Waals surface area (Å²) >= 11 is 0. The maximum Gasteiger partial charge on any atom is 0.262 e. The van der Waals surface area contributed by atoms with Crippen LogP contribution in [0, 0.1) is 0 Å². The normalized spacial score (nSPS) is 14.1. The van der Waals surface area contributed by atoms with E-state index in [0.717, 1.165) is 31.9 Å². The van der Waals surface area contributed by atoms with Crippen LogP contribution in [0.2, 0.25) is 0 Å². The van der Waals surface area contributed by atoms with Crippen LogP contribution in [0.4, 0.5) is 5.69 Å². The molecule has 0 saturated carbocycles. The SMILES string of the molecule is COc1cccc(-c2nc3ccc(N4CCNCC4)cc3c(=O)n2CC(=O)NC(C)C)c1. The van der Waals surface area contributed by atoms with E-state index in [9.17, 15) is 9.59 Å². The molecule has 8 heteroatoms. The van der Waals surface area contributed by atoms with E-state index in [1.165, 1.54) is 4.57 Å². The van der Waals surface area contributed by atoms with Crippen molar-refractivity contribution in [3.8, 4) is 17.1 Å². The number of hydrogen-bond donors (Lipinski definition) is 2. The fraction of sp³-hybridized carbons (Fsp3) is 0.375. The van der Waals surface area contributed by atoms with Gasteiger partial charge >= 0.3 is 0 Å². The topological polar surface area (TPSA) is 88.5 Å². The van der Waals surface area contributed by atoms with E-state index < -0.39 is 0 Å². The maximum absolute atomic E-state index is 13.6. The van der Waals surface area contributed by atoms with Gasteiger partial charge in [-0.1, -0.05) is 12.1 Å². The molecule has 1 amide bonds. The monoisotopic (exact) mass is 435 g/mol. The summed E-state index contributed by atoms with van der Waals surface area (Å²) in [4.78, 5) is 33.3. The van der Waals surface area contributed by atoms with Crippen molar-refractivity contribution in [1.82, 2.24) is 20.2 Å². The summed E-state index contributed by atoms with van der Waals surface area (Å²) in [5, 5.41) is 6.71. The van der Waals surface area contributed by atoms with Gasteiger partial charge in [-0.15, -0.1) is 0 Å². The van der Waals surface area contributed by atoms with Crippen molar-refractivity contribution >= 4 is 22.5 Å². The second-order valence-corrected chi connectivity index (χ2v) is 8.22. The van der Waals surface area contributed by atoms with Crippen LogP contribution < -0.4 is 25.8 Å². The number of rotatable bonds is 6. The quantitative estimate of drug-likeness (QED) is 0.616. The van der Waals surface area contributed by atoms with Crippen molar-refractivity contribution in [1.29, 1.82) is 0 Å². The van der Waals surface area contributed by atoms with Crippen LogP contribution in [0.5, 0.6) is 5.75 Å². The smallest absolute Gasteiger partial charge is 0.262 e. The van der Waals surface area contributed by atoms with Gasteiger partial charge in [0, 0.05) is 43.5 Å². The Morgan fingerprint density at radius 3 is 2.69 bits per heavy atom. The minimum absolute atomic E-state index is 0.0220. The molecule has 1 saturated heterocycles. The number of carbonyl (C=O) groups excluding carboxylic acids is 1. The van der Waals surface area contributed by atoms with Gasteiger partial charge in [0.2, 0.25) is 5.91 Å². The molecule has 1 aliphatic rings. The van der Waals surface area contributed by atoms with Crippen LogP contribution in [0.3, 0.4) is 0 Å². The summed E-state index contributed by atoms with van der Waals surface area (Å²) < 4.78 is 6.80. The van der Waals surface area contributed by atoms with Gasteiger partial charge in [0.1, 0.15) is 18.1 Å². The summed E-state index contributed by atoms with van der Waals surface area (Å²) in [5.41, 5.74) is 2.08. The number of nitrogens with zero attached hydrogens (tertiary/aromatic N) is 3. The third kappa shape index (κ3) is 4.60. The molecule has 1 fully saturated rings. The van der Waals surface area contributed by atoms with E-state index in [1.54, 1.807) is 7.11 Å². The lowest BCUT2D eigenvalue weighted by Crippen LogP contribution is -2.43. The molecule has 32 heavy (non-hydrogen) atoms. The minimum Gasteiger partial charge on any atom is -0.497 e. The molecular formula is C24H29N5O3. The summed E-state index contributed by atoms with van der Waals surface area (Å²) in [7, 11) is 1.59. The molecule has 168 valence electrons. The van der Waals surface area contributed by atoms with Crippen molar-refractivity contribution in [2.24, 2.45) is 0 Å². The fourth-order valence-corrected chi connectivity index (χ4v) is 3.97. The van der Waals surface area contributed by atoms with Gasteiger partial charge in [-0.2, -0.15) is 0 Å². The first-order valence-electron chi connectivity index (χ1n) is 10.9. The van der Waals surface area contributed by atoms with Crippen LogP contribution in [-0.4, -0.2) is 54.8 Å². The van der Waals surface area contributed by atoms with E-state index >= 15 is 0 Å². The summed E-state index contributed by atoms with van der Waals surface area (Å²) in [6.45, 7) is 7.25. The van der Waals surface area contributed by atoms with E-state index in [-0.39, 0.29) is 24.1 Å². The minimum atomic E-state index is -0.233. The molecule has 0 spiro atoms. The number of anilines is 1. The Morgan fingerprint density at radius 2 is 1.97 bits per heavy atom. The van der Waals surface area contributed by atoms with E-state index in [0.29, 0.717) is 28.0 Å². The van der Waals surface area contributed by atoms with Crippen molar-refractivity contribution in [2.75, 3.05) is 38.2 Å². The third-order valence-corrected chi connectivity index (χ3v) is 5.50. The maximum atomic E-state index is 13.6. The first kappa shape index (κ1) is 21.8. The number of piperazine rings is 1. The number of carbonyl (C=O) groups is 1. The number of fused-ring (bicyclic) bond motifs is 1. The van der Waals surface area contributed by atoms with Crippen LogP contribution in [0.25, 0.3) is 22.3 Å². The van der Waals surface area contributed by atoms with E-state index in [2.05, 4.69) is 15.5 Å². The molecule has 2 N–H and O–H groups in total. The molecule has 1 aliphatic heterocycles. The first-order valence-corrected chi connectivity index (χ1v) is 10.9. The molecule has 8 nitrogen and oxygen atoms in total. The Hall–Kier alpha value is -3.39. The van der Waals surface area contributed by atoms with Gasteiger partial charge in [-0.05, 0) is 44.2 Å². The molecule has 0 unspecified atom stereocenters. The van der Waals surface area contributed by atoms with Gasteiger partial charge in [0.05, 0.1) is 18.0 Å². The largest absolute Gasteiger partial charge is 0.497 e. The molecule has 3 aromatic rings. The Bertz CT molecular complexity index is 1180. The zero-order valence-electron chi connectivity index (χ0n) is 18.7. The van der Waals surface area contributed by atoms with Crippen molar-refractivity contribution in [2.45, 2.75) is 26.4 Å². The highest BCUT2D eigenvalue weighted by Gasteiger charge is 2.18. The molecule has 0 aliphatic carbocycles. The summed E-state index contributed by atoms with van der Waals surface area (Å²) in [5.74, 6) is 0.866. The van der Waals surface area contributed by atoms with Crippen molar-refractivity contribution in [3.05, 3.63) is 52.8 Å². The molecular weight excluding hydrogens is 406 g/mol. The summed E-state index contributed by atoms with van der Waals surface area (Å²) in [6.07, 6.45) is 0. The lowest BCUT2D eigenvalue weighted by Gasteiger charge is -2.29. The Kier molecular flexibility index (Phi) is 6.41. The standard InChI is InChI=1S/C24H29N5O3/c1-16(2)26-22(30)15-29-23(17-5-4-6-19(13-17)32-3)27-21-8-7-18(14-20(21)24(29)31)28-11-9-25-10-12-28/h4-8,13-14,16,25H,9-12,15H2,1-3H3,(H,26,30). The van der Waals surface area contributed by atoms with Crippen LogP contribution in [-0.2, 0) is 11.3 Å². The number of nitrogens with one attached hydrogen (secondary N) is 2. The van der Waals surface area contributed by atoms with Crippen molar-refractivity contribution < 1.29 is 9.53 Å². The molecule has 0 radical (unpaired) electrons. The number of amides is 1. The second-order valence-electron chi connectivity index (χ2n) is 8.22. The molecule has 1 aromatic heterocycles. The Labute approximate surface area is 187 Å². The second kappa shape index (κ2) is 9.40. The Morgan fingerprint density at radius 1 is 1.19 bits per heavy atom. The highest BCUT2D eigenvalue weighted by molar-refractivity contribution is 5.84. The number of benzene rings is 2. The highest BCUT2D eigenvalue weighted by atomic mass is 16.5. The van der Waals surface area contributed by atoms with Gasteiger partial charge in [0.15, 0.2) is 0 Å². The molecule has 4 rings (SSSR count). The van der Waals surface area contributed by atoms with Gasteiger partial charge in [-0.25, -0.2) is 4.98 Å². The van der Waals surface area contributed by atoms with Crippen LogP contribution in [0.1, 0.15) is 13.8 Å². The average molecular weight is 436 g/mol. The zero-order valence-corrected chi connectivity index (χ0v) is 18.7. The lowest BCUT2D eigenvalue weighted by atomic mass is 10.1. The van der Waals surface area contributed by atoms with E-state index in [1.807, 2.05) is 56.3 Å². The number of hydrogen-bond acceptors (Lipinski definition) is 6. The van der Waals surface area contributed by atoms with Crippen molar-refractivity contribution in [3.63, 3.8) is 0 Å². The zero-order chi connectivity index (χ0) is 22.7. The van der Waals surface area contributed by atoms with Gasteiger partial charge < -0.3 is 20.3 Å². The molecule has 0 bridgehead atoms. The highest BCUT2D eigenvalue weighted by Crippen LogP contribution is 2.25. The van der Waals surface area contributed by atoms with Gasteiger partial charge in [0.25, 0.3) is 5.56 Å². The number of methoxy groups -OCH3 is 1. The predicted molar refractivity (Wildman–Crippen MR) is 126 cm³/mol. The summed E-state index contributed by atoms with van der Waals surface area (Å²) in [6, 6.07) is 13.1.